The fraction of sp³-hybridized carbons (Fsp3) is 0.700. The zero-order valence-electron chi connectivity index (χ0n) is 8.33. The average molecular weight is 179 g/mol. The van der Waals surface area contributed by atoms with E-state index in [9.17, 15) is 0 Å². The first-order valence-corrected chi connectivity index (χ1v) is 4.92. The van der Waals surface area contributed by atoms with Gasteiger partial charge < -0.3 is 5.73 Å². The topological polar surface area (TPSA) is 43.8 Å². The summed E-state index contributed by atoms with van der Waals surface area (Å²) >= 11 is 0. The van der Waals surface area contributed by atoms with Gasteiger partial charge in [-0.1, -0.05) is 0 Å². The van der Waals surface area contributed by atoms with Crippen molar-refractivity contribution in [3.05, 3.63) is 17.5 Å². The van der Waals surface area contributed by atoms with E-state index in [2.05, 4.69) is 11.2 Å². The third-order valence-electron chi connectivity index (χ3n) is 2.77. The highest BCUT2D eigenvalue weighted by atomic mass is 15.3. The van der Waals surface area contributed by atoms with E-state index in [1.807, 2.05) is 18.7 Å². The standard InChI is InChI=1S/C10H17N3/c1-7-5-9(13(2)12-7)6-10(11)8-3-4-8/h5,8,10H,3-4,6,11H2,1-2H3. The van der Waals surface area contributed by atoms with E-state index in [4.69, 9.17) is 5.73 Å². The van der Waals surface area contributed by atoms with Crippen LogP contribution < -0.4 is 5.73 Å². The molecule has 0 amide bonds. The minimum Gasteiger partial charge on any atom is -0.327 e. The van der Waals surface area contributed by atoms with Crippen LogP contribution in [0.4, 0.5) is 0 Å². The second-order valence-corrected chi connectivity index (χ2v) is 4.11. The molecule has 0 spiro atoms. The maximum Gasteiger partial charge on any atom is 0.0596 e. The Kier molecular flexibility index (Phi) is 2.12. The molecule has 1 saturated carbocycles. The van der Waals surface area contributed by atoms with Crippen LogP contribution in [0.25, 0.3) is 0 Å². The van der Waals surface area contributed by atoms with Gasteiger partial charge in [0, 0.05) is 25.2 Å². The van der Waals surface area contributed by atoms with Crippen LogP contribution in [0.2, 0.25) is 0 Å². The van der Waals surface area contributed by atoms with E-state index in [0.717, 1.165) is 18.0 Å². The van der Waals surface area contributed by atoms with Crippen molar-refractivity contribution in [1.82, 2.24) is 9.78 Å². The second kappa shape index (κ2) is 3.14. The van der Waals surface area contributed by atoms with Crippen LogP contribution in [0, 0.1) is 12.8 Å². The Morgan fingerprint density at radius 3 is 2.85 bits per heavy atom. The predicted molar refractivity (Wildman–Crippen MR) is 52.3 cm³/mol. The normalized spacial score (nSPS) is 19.0. The molecular formula is C10H17N3. The molecule has 3 heteroatoms. The lowest BCUT2D eigenvalue weighted by Gasteiger charge is -2.09. The van der Waals surface area contributed by atoms with Gasteiger partial charge in [-0.3, -0.25) is 4.68 Å². The Labute approximate surface area is 78.9 Å². The molecule has 1 unspecified atom stereocenters. The molecule has 1 aliphatic rings. The first kappa shape index (κ1) is 8.75. The zero-order chi connectivity index (χ0) is 9.42. The van der Waals surface area contributed by atoms with E-state index in [0.29, 0.717) is 6.04 Å². The zero-order valence-corrected chi connectivity index (χ0v) is 8.33. The molecule has 2 rings (SSSR count). The monoisotopic (exact) mass is 179 g/mol. The average Bonchev–Trinajstić information content (AvgIpc) is 2.81. The van der Waals surface area contributed by atoms with Crippen molar-refractivity contribution in [3.8, 4) is 0 Å². The largest absolute Gasteiger partial charge is 0.327 e. The molecule has 3 nitrogen and oxygen atoms in total. The van der Waals surface area contributed by atoms with Crippen molar-refractivity contribution in [2.75, 3.05) is 0 Å². The molecule has 1 aliphatic carbocycles. The van der Waals surface area contributed by atoms with E-state index < -0.39 is 0 Å². The Bertz CT molecular complexity index is 299. The van der Waals surface area contributed by atoms with Crippen LogP contribution in [0.1, 0.15) is 24.2 Å². The highest BCUT2D eigenvalue weighted by Gasteiger charge is 2.28. The summed E-state index contributed by atoms with van der Waals surface area (Å²) in [7, 11) is 1.99. The van der Waals surface area contributed by atoms with E-state index in [1.165, 1.54) is 18.5 Å². The van der Waals surface area contributed by atoms with Crippen LogP contribution >= 0.6 is 0 Å². The third-order valence-corrected chi connectivity index (χ3v) is 2.77. The number of aromatic nitrogens is 2. The minimum absolute atomic E-state index is 0.342. The SMILES string of the molecule is Cc1cc(CC(N)C2CC2)n(C)n1. The van der Waals surface area contributed by atoms with Crippen LogP contribution in [0.3, 0.4) is 0 Å². The van der Waals surface area contributed by atoms with Crippen molar-refractivity contribution in [1.29, 1.82) is 0 Å². The van der Waals surface area contributed by atoms with Gasteiger partial charge in [0.05, 0.1) is 5.69 Å². The number of rotatable bonds is 3. The van der Waals surface area contributed by atoms with E-state index in [-0.39, 0.29) is 0 Å². The first-order valence-electron chi connectivity index (χ1n) is 4.92. The van der Waals surface area contributed by atoms with Crippen molar-refractivity contribution in [3.63, 3.8) is 0 Å². The van der Waals surface area contributed by atoms with Gasteiger partial charge in [0.1, 0.15) is 0 Å². The van der Waals surface area contributed by atoms with Crippen molar-refractivity contribution in [2.24, 2.45) is 18.7 Å². The fourth-order valence-corrected chi connectivity index (χ4v) is 1.79. The van der Waals surface area contributed by atoms with Gasteiger partial charge in [-0.15, -0.1) is 0 Å². The number of nitrogens with two attached hydrogens (primary N) is 1. The van der Waals surface area contributed by atoms with Crippen LogP contribution in [0.15, 0.2) is 6.07 Å². The van der Waals surface area contributed by atoms with Gasteiger partial charge in [-0.05, 0) is 31.7 Å². The number of nitrogens with zero attached hydrogens (tertiary/aromatic N) is 2. The smallest absolute Gasteiger partial charge is 0.0596 e. The van der Waals surface area contributed by atoms with Crippen molar-refractivity contribution < 1.29 is 0 Å². The lowest BCUT2D eigenvalue weighted by Crippen LogP contribution is -2.26. The molecule has 0 saturated heterocycles. The number of hydrogen-bond donors (Lipinski definition) is 1. The summed E-state index contributed by atoms with van der Waals surface area (Å²) in [5.74, 6) is 0.773. The lowest BCUT2D eigenvalue weighted by molar-refractivity contribution is 0.562. The minimum atomic E-state index is 0.342. The summed E-state index contributed by atoms with van der Waals surface area (Å²) in [6.45, 7) is 2.02. The Hall–Kier alpha value is -0.830. The maximum absolute atomic E-state index is 6.05. The summed E-state index contributed by atoms with van der Waals surface area (Å²) in [6.07, 6.45) is 3.61. The van der Waals surface area contributed by atoms with E-state index >= 15 is 0 Å². The van der Waals surface area contributed by atoms with Gasteiger partial charge in [-0.2, -0.15) is 5.10 Å². The molecule has 1 aromatic rings. The summed E-state index contributed by atoms with van der Waals surface area (Å²) in [4.78, 5) is 0. The molecule has 0 radical (unpaired) electrons. The van der Waals surface area contributed by atoms with Gasteiger partial charge in [-0.25, -0.2) is 0 Å². The maximum atomic E-state index is 6.05. The molecule has 0 aliphatic heterocycles. The summed E-state index contributed by atoms with van der Waals surface area (Å²) in [5.41, 5.74) is 8.39. The van der Waals surface area contributed by atoms with Crippen molar-refractivity contribution >= 4 is 0 Å². The molecule has 13 heavy (non-hydrogen) atoms. The molecule has 0 bridgehead atoms. The second-order valence-electron chi connectivity index (χ2n) is 4.11. The molecule has 1 aromatic heterocycles. The quantitative estimate of drug-likeness (QED) is 0.752. The van der Waals surface area contributed by atoms with Gasteiger partial charge in [0.15, 0.2) is 0 Å². The summed E-state index contributed by atoms with van der Waals surface area (Å²) in [5, 5.41) is 4.30. The molecule has 72 valence electrons. The van der Waals surface area contributed by atoms with Crippen LogP contribution in [-0.4, -0.2) is 15.8 Å². The fourth-order valence-electron chi connectivity index (χ4n) is 1.79. The van der Waals surface area contributed by atoms with Gasteiger partial charge >= 0.3 is 0 Å². The molecule has 1 fully saturated rings. The molecule has 0 aromatic carbocycles. The molecule has 1 atom stereocenters. The van der Waals surface area contributed by atoms with Crippen LogP contribution in [0.5, 0.6) is 0 Å². The Morgan fingerprint density at radius 1 is 1.69 bits per heavy atom. The molecule has 1 heterocycles. The highest BCUT2D eigenvalue weighted by Crippen LogP contribution is 2.32. The molecule has 2 N–H and O–H groups in total. The summed E-state index contributed by atoms with van der Waals surface area (Å²) in [6, 6.07) is 2.47. The Morgan fingerprint density at radius 2 is 2.38 bits per heavy atom. The van der Waals surface area contributed by atoms with Gasteiger partial charge in [0.2, 0.25) is 0 Å². The predicted octanol–water partition coefficient (Wildman–Crippen LogP) is 1.01. The van der Waals surface area contributed by atoms with Crippen molar-refractivity contribution in [2.45, 2.75) is 32.2 Å². The first-order chi connectivity index (χ1) is 6.16. The Balaban J connectivity index is 2.03. The summed E-state index contributed by atoms with van der Waals surface area (Å²) < 4.78 is 1.94. The lowest BCUT2D eigenvalue weighted by atomic mass is 10.1. The highest BCUT2D eigenvalue weighted by molar-refractivity contribution is 5.10. The van der Waals surface area contributed by atoms with E-state index in [1.54, 1.807) is 0 Å². The number of aryl methyl sites for hydroxylation is 2. The third kappa shape index (κ3) is 1.91. The number of hydrogen-bond acceptors (Lipinski definition) is 2. The molecular weight excluding hydrogens is 162 g/mol. The van der Waals surface area contributed by atoms with Gasteiger partial charge in [0.25, 0.3) is 0 Å². The van der Waals surface area contributed by atoms with Crippen LogP contribution in [-0.2, 0) is 13.5 Å².